The van der Waals surface area contributed by atoms with Gasteiger partial charge in [0.1, 0.15) is 23.6 Å². The van der Waals surface area contributed by atoms with Crippen molar-refractivity contribution in [3.8, 4) is 17.6 Å². The topological polar surface area (TPSA) is 91.7 Å². The summed E-state index contributed by atoms with van der Waals surface area (Å²) in [6, 6.07) is 15.2. The third-order valence-electron chi connectivity index (χ3n) is 4.51. The number of carbonyl (C=O) groups excluding carboxylic acids is 2. The molecule has 2 aromatic rings. The highest BCUT2D eigenvalue weighted by Gasteiger charge is 2.48. The number of benzene rings is 2. The van der Waals surface area contributed by atoms with Gasteiger partial charge in [0.05, 0.1) is 25.3 Å². The summed E-state index contributed by atoms with van der Waals surface area (Å²) >= 11 is 0. The molecule has 3 amide bonds. The zero-order valence-electron chi connectivity index (χ0n) is 15.1. The van der Waals surface area contributed by atoms with E-state index in [4.69, 9.17) is 14.7 Å². The Balaban J connectivity index is 1.65. The van der Waals surface area contributed by atoms with Crippen LogP contribution in [-0.2, 0) is 10.3 Å². The predicted octanol–water partition coefficient (Wildman–Crippen LogP) is 2.41. The monoisotopic (exact) mass is 365 g/mol. The van der Waals surface area contributed by atoms with E-state index in [0.29, 0.717) is 16.9 Å². The molecule has 1 heterocycles. The molecule has 1 aliphatic rings. The quantitative estimate of drug-likeness (QED) is 0.794. The fourth-order valence-corrected chi connectivity index (χ4v) is 2.90. The lowest BCUT2D eigenvalue weighted by molar-refractivity contribution is -0.131. The normalized spacial score (nSPS) is 18.8. The Morgan fingerprint density at radius 2 is 1.70 bits per heavy atom. The standard InChI is InChI=1S/C20H19N3O4/c1-20(15-5-3-14(13-21)4-6-15)18(24)23(19(25)22-20)11-12-27-17-9-7-16(26-2)8-10-17/h3-10H,11-12H2,1-2H3,(H,22,25). The van der Waals surface area contributed by atoms with Gasteiger partial charge in [-0.15, -0.1) is 0 Å². The van der Waals surface area contributed by atoms with Gasteiger partial charge >= 0.3 is 6.03 Å². The first-order valence-electron chi connectivity index (χ1n) is 8.39. The van der Waals surface area contributed by atoms with E-state index in [0.717, 1.165) is 10.6 Å². The average Bonchev–Trinajstić information content (AvgIpc) is 2.92. The van der Waals surface area contributed by atoms with Crippen molar-refractivity contribution >= 4 is 11.9 Å². The van der Waals surface area contributed by atoms with Crippen LogP contribution in [0, 0.1) is 11.3 Å². The minimum atomic E-state index is -1.16. The molecule has 1 atom stereocenters. The Morgan fingerprint density at radius 3 is 2.30 bits per heavy atom. The highest BCUT2D eigenvalue weighted by molar-refractivity contribution is 6.07. The van der Waals surface area contributed by atoms with Crippen molar-refractivity contribution in [2.45, 2.75) is 12.5 Å². The van der Waals surface area contributed by atoms with E-state index in [1.165, 1.54) is 0 Å². The van der Waals surface area contributed by atoms with Gasteiger partial charge in [-0.05, 0) is 48.9 Å². The molecule has 27 heavy (non-hydrogen) atoms. The molecule has 7 heteroatoms. The summed E-state index contributed by atoms with van der Waals surface area (Å²) in [6.07, 6.45) is 0. The Hall–Kier alpha value is -3.53. The summed E-state index contributed by atoms with van der Waals surface area (Å²) in [5.41, 5.74) is -0.0483. The lowest BCUT2D eigenvalue weighted by atomic mass is 9.91. The van der Waals surface area contributed by atoms with Gasteiger partial charge in [-0.1, -0.05) is 12.1 Å². The lowest BCUT2D eigenvalue weighted by Crippen LogP contribution is -2.41. The maximum Gasteiger partial charge on any atom is 0.325 e. The van der Waals surface area contributed by atoms with E-state index in [2.05, 4.69) is 5.32 Å². The molecule has 1 N–H and O–H groups in total. The summed E-state index contributed by atoms with van der Waals surface area (Å²) in [6.45, 7) is 1.95. The highest BCUT2D eigenvalue weighted by Crippen LogP contribution is 2.29. The van der Waals surface area contributed by atoms with E-state index in [9.17, 15) is 9.59 Å². The molecule has 0 bridgehead atoms. The van der Waals surface area contributed by atoms with Crippen molar-refractivity contribution in [3.05, 3.63) is 59.7 Å². The first-order valence-corrected chi connectivity index (χ1v) is 8.39. The molecule has 2 aromatic carbocycles. The number of nitriles is 1. The number of nitrogens with one attached hydrogen (secondary N) is 1. The number of methoxy groups -OCH3 is 1. The number of carbonyl (C=O) groups is 2. The molecule has 1 saturated heterocycles. The first-order chi connectivity index (χ1) is 13.0. The maximum absolute atomic E-state index is 12.8. The van der Waals surface area contributed by atoms with Crippen LogP contribution in [0.1, 0.15) is 18.1 Å². The van der Waals surface area contributed by atoms with E-state index in [1.54, 1.807) is 62.6 Å². The lowest BCUT2D eigenvalue weighted by Gasteiger charge is -2.22. The number of ether oxygens (including phenoxy) is 2. The Bertz CT molecular complexity index is 887. The number of imide groups is 1. The third-order valence-corrected chi connectivity index (χ3v) is 4.51. The second-order valence-corrected chi connectivity index (χ2v) is 6.23. The Labute approximate surface area is 157 Å². The molecular formula is C20H19N3O4. The molecule has 0 aromatic heterocycles. The van der Waals surface area contributed by atoms with Gasteiger partial charge in [0.2, 0.25) is 0 Å². The number of rotatable bonds is 6. The van der Waals surface area contributed by atoms with E-state index in [-0.39, 0.29) is 19.1 Å². The van der Waals surface area contributed by atoms with Gasteiger partial charge in [-0.25, -0.2) is 4.79 Å². The van der Waals surface area contributed by atoms with Gasteiger partial charge in [0.15, 0.2) is 0 Å². The molecule has 138 valence electrons. The molecular weight excluding hydrogens is 346 g/mol. The number of hydrogen-bond acceptors (Lipinski definition) is 5. The summed E-state index contributed by atoms with van der Waals surface area (Å²) in [7, 11) is 1.58. The van der Waals surface area contributed by atoms with Crippen LogP contribution in [-0.4, -0.2) is 37.1 Å². The zero-order valence-corrected chi connectivity index (χ0v) is 15.1. The highest BCUT2D eigenvalue weighted by atomic mass is 16.5. The third kappa shape index (κ3) is 3.55. The summed E-state index contributed by atoms with van der Waals surface area (Å²) in [5, 5.41) is 11.6. The van der Waals surface area contributed by atoms with E-state index < -0.39 is 11.6 Å². The largest absolute Gasteiger partial charge is 0.497 e. The van der Waals surface area contributed by atoms with Crippen LogP contribution in [0.15, 0.2) is 48.5 Å². The molecule has 1 fully saturated rings. The number of amides is 3. The second-order valence-electron chi connectivity index (χ2n) is 6.23. The molecule has 3 rings (SSSR count). The molecule has 7 nitrogen and oxygen atoms in total. The van der Waals surface area contributed by atoms with Crippen molar-refractivity contribution < 1.29 is 19.1 Å². The number of nitrogens with zero attached hydrogens (tertiary/aromatic N) is 2. The van der Waals surface area contributed by atoms with Crippen LogP contribution in [0.4, 0.5) is 4.79 Å². The average molecular weight is 365 g/mol. The van der Waals surface area contributed by atoms with Gasteiger partial charge in [0, 0.05) is 0 Å². The molecule has 0 aliphatic carbocycles. The smallest absolute Gasteiger partial charge is 0.325 e. The second kappa shape index (κ2) is 7.38. The fraction of sp³-hybridized carbons (Fsp3) is 0.250. The number of hydrogen-bond donors (Lipinski definition) is 1. The van der Waals surface area contributed by atoms with Gasteiger partial charge in [-0.2, -0.15) is 5.26 Å². The zero-order chi connectivity index (χ0) is 19.4. The van der Waals surface area contributed by atoms with Crippen molar-refractivity contribution in [1.29, 1.82) is 5.26 Å². The van der Waals surface area contributed by atoms with Crippen LogP contribution in [0.3, 0.4) is 0 Å². The van der Waals surface area contributed by atoms with Crippen LogP contribution in [0.5, 0.6) is 11.5 Å². The Kier molecular flexibility index (Phi) is 4.99. The molecule has 1 unspecified atom stereocenters. The van der Waals surface area contributed by atoms with Crippen molar-refractivity contribution in [3.63, 3.8) is 0 Å². The van der Waals surface area contributed by atoms with E-state index >= 15 is 0 Å². The van der Waals surface area contributed by atoms with Gasteiger partial charge < -0.3 is 14.8 Å². The van der Waals surface area contributed by atoms with Crippen LogP contribution >= 0.6 is 0 Å². The van der Waals surface area contributed by atoms with Crippen LogP contribution < -0.4 is 14.8 Å². The maximum atomic E-state index is 12.8. The summed E-state index contributed by atoms with van der Waals surface area (Å²) < 4.78 is 10.7. The summed E-state index contributed by atoms with van der Waals surface area (Å²) in [5.74, 6) is 0.989. The molecule has 0 radical (unpaired) electrons. The van der Waals surface area contributed by atoms with Crippen LogP contribution in [0.25, 0.3) is 0 Å². The van der Waals surface area contributed by atoms with Crippen molar-refractivity contribution in [1.82, 2.24) is 10.2 Å². The predicted molar refractivity (Wildman–Crippen MR) is 97.2 cm³/mol. The first kappa shape index (κ1) is 18.3. The van der Waals surface area contributed by atoms with E-state index in [1.807, 2.05) is 6.07 Å². The minimum absolute atomic E-state index is 0.128. The molecule has 0 spiro atoms. The molecule has 1 aliphatic heterocycles. The van der Waals surface area contributed by atoms with Crippen molar-refractivity contribution in [2.24, 2.45) is 0 Å². The Morgan fingerprint density at radius 1 is 1.07 bits per heavy atom. The van der Waals surface area contributed by atoms with Crippen LogP contribution in [0.2, 0.25) is 0 Å². The van der Waals surface area contributed by atoms with Crippen molar-refractivity contribution in [2.75, 3.05) is 20.3 Å². The summed E-state index contributed by atoms with van der Waals surface area (Å²) in [4.78, 5) is 26.3. The van der Waals surface area contributed by atoms with Gasteiger partial charge in [0.25, 0.3) is 5.91 Å². The molecule has 0 saturated carbocycles. The minimum Gasteiger partial charge on any atom is -0.497 e. The number of urea groups is 1. The van der Waals surface area contributed by atoms with Gasteiger partial charge in [-0.3, -0.25) is 9.69 Å². The SMILES string of the molecule is COc1ccc(OCCN2C(=O)NC(C)(c3ccc(C#N)cc3)C2=O)cc1. The fourth-order valence-electron chi connectivity index (χ4n) is 2.90.